The maximum Gasteiger partial charge on any atom is 0.229 e. The molecule has 0 spiro atoms. The number of benzene rings is 1. The van der Waals surface area contributed by atoms with Gasteiger partial charge in [0.25, 0.3) is 0 Å². The van der Waals surface area contributed by atoms with Crippen molar-refractivity contribution in [1.29, 1.82) is 0 Å². The highest BCUT2D eigenvalue weighted by Gasteiger charge is 2.19. The van der Waals surface area contributed by atoms with E-state index >= 15 is 0 Å². The number of piperidine rings is 2. The third-order valence-corrected chi connectivity index (χ3v) is 5.93. The number of halogens is 2. The summed E-state index contributed by atoms with van der Waals surface area (Å²) in [4.78, 5) is 14.2. The lowest BCUT2D eigenvalue weighted by atomic mass is 10.1. The highest BCUT2D eigenvalue weighted by atomic mass is 35.5. The van der Waals surface area contributed by atoms with Crippen LogP contribution < -0.4 is 15.2 Å². The van der Waals surface area contributed by atoms with Gasteiger partial charge in [-0.1, -0.05) is 29.3 Å². The van der Waals surface area contributed by atoms with E-state index in [1.54, 1.807) is 18.3 Å². The van der Waals surface area contributed by atoms with E-state index in [1.165, 1.54) is 38.5 Å². The number of nitrogens with zero attached hydrogens (tertiary/aromatic N) is 5. The molecule has 0 unspecified atom stereocenters. The summed E-state index contributed by atoms with van der Waals surface area (Å²) >= 11 is 12.2. The largest absolute Gasteiger partial charge is 0.356 e. The highest BCUT2D eigenvalue weighted by Crippen LogP contribution is 2.25. The number of nitrogens with one attached hydrogen (secondary N) is 1. The highest BCUT2D eigenvalue weighted by molar-refractivity contribution is 6.36. The van der Waals surface area contributed by atoms with Gasteiger partial charge >= 0.3 is 0 Å². The molecule has 0 bridgehead atoms. The molecule has 2 aliphatic heterocycles. The fraction of sp³-hybridized carbons (Fsp3) is 0.476. The van der Waals surface area contributed by atoms with E-state index in [1.807, 2.05) is 12.1 Å². The smallest absolute Gasteiger partial charge is 0.229 e. The number of rotatable bonds is 5. The van der Waals surface area contributed by atoms with E-state index in [4.69, 9.17) is 33.2 Å². The van der Waals surface area contributed by atoms with Gasteiger partial charge in [0.15, 0.2) is 5.82 Å². The summed E-state index contributed by atoms with van der Waals surface area (Å²) in [5.74, 6) is 2.46. The molecule has 2 fully saturated rings. The van der Waals surface area contributed by atoms with Gasteiger partial charge in [0, 0.05) is 42.8 Å². The van der Waals surface area contributed by atoms with Crippen molar-refractivity contribution < 1.29 is 0 Å². The Morgan fingerprint density at radius 2 is 1.55 bits per heavy atom. The van der Waals surface area contributed by atoms with Crippen molar-refractivity contribution >= 4 is 47.0 Å². The molecule has 0 amide bonds. The van der Waals surface area contributed by atoms with Gasteiger partial charge in [-0.2, -0.15) is 15.1 Å². The summed E-state index contributed by atoms with van der Waals surface area (Å²) in [6, 6.07) is 7.33. The number of hydrogen-bond donors (Lipinski definition) is 1. The van der Waals surface area contributed by atoms with Crippen molar-refractivity contribution in [3.63, 3.8) is 0 Å². The monoisotopic (exact) mass is 432 g/mol. The quantitative estimate of drug-likeness (QED) is 0.518. The van der Waals surface area contributed by atoms with E-state index in [-0.39, 0.29) is 0 Å². The van der Waals surface area contributed by atoms with Crippen LogP contribution in [0.2, 0.25) is 10.0 Å². The minimum absolute atomic E-state index is 0.564. The molecular weight excluding hydrogens is 407 g/mol. The first-order chi connectivity index (χ1) is 14.2. The molecular formula is C21H26Cl2N6. The van der Waals surface area contributed by atoms with Gasteiger partial charge in [-0.25, -0.2) is 0 Å². The molecule has 1 N–H and O–H groups in total. The van der Waals surface area contributed by atoms with E-state index in [0.29, 0.717) is 15.9 Å². The Hall–Kier alpha value is -2.05. The van der Waals surface area contributed by atoms with Gasteiger partial charge in [-0.15, -0.1) is 0 Å². The summed E-state index contributed by atoms with van der Waals surface area (Å²) in [5.41, 5.74) is 3.86. The van der Waals surface area contributed by atoms with Gasteiger partial charge in [-0.05, 0) is 50.7 Å². The first kappa shape index (κ1) is 20.2. The van der Waals surface area contributed by atoms with E-state index in [2.05, 4.69) is 20.3 Å². The van der Waals surface area contributed by atoms with Crippen LogP contribution in [0.4, 0.5) is 17.6 Å². The van der Waals surface area contributed by atoms with E-state index < -0.39 is 0 Å². The Morgan fingerprint density at radius 1 is 0.862 bits per heavy atom. The molecule has 2 saturated heterocycles. The summed E-state index contributed by atoms with van der Waals surface area (Å²) in [6.45, 7) is 4.10. The molecule has 6 nitrogen and oxygen atoms in total. The van der Waals surface area contributed by atoms with Crippen LogP contribution in [0.15, 0.2) is 29.4 Å². The number of hydrogen-bond acceptors (Lipinski definition) is 6. The van der Waals surface area contributed by atoms with Crippen LogP contribution in [0.5, 0.6) is 0 Å². The van der Waals surface area contributed by atoms with Gasteiger partial charge < -0.3 is 9.80 Å². The zero-order chi connectivity index (χ0) is 20.1. The molecule has 2 aliphatic rings. The topological polar surface area (TPSA) is 56.7 Å². The second-order valence-electron chi connectivity index (χ2n) is 7.54. The maximum atomic E-state index is 6.22. The van der Waals surface area contributed by atoms with E-state index in [0.717, 1.165) is 43.5 Å². The third-order valence-electron chi connectivity index (χ3n) is 5.37. The van der Waals surface area contributed by atoms with Crippen molar-refractivity contribution in [2.24, 2.45) is 5.10 Å². The minimum Gasteiger partial charge on any atom is -0.356 e. The van der Waals surface area contributed by atoms with Gasteiger partial charge in [-0.3, -0.25) is 5.43 Å². The molecule has 154 valence electrons. The predicted octanol–water partition coefficient (Wildman–Crippen LogP) is 5.21. The van der Waals surface area contributed by atoms with Crippen molar-refractivity contribution in [3.8, 4) is 0 Å². The van der Waals surface area contributed by atoms with E-state index in [9.17, 15) is 0 Å². The van der Waals surface area contributed by atoms with Crippen molar-refractivity contribution in [1.82, 2.24) is 9.97 Å². The lowest BCUT2D eigenvalue weighted by Crippen LogP contribution is -2.33. The first-order valence-electron chi connectivity index (χ1n) is 10.3. The zero-order valence-electron chi connectivity index (χ0n) is 16.4. The number of aromatic nitrogens is 2. The average molecular weight is 433 g/mol. The molecule has 3 heterocycles. The predicted molar refractivity (Wildman–Crippen MR) is 122 cm³/mol. The maximum absolute atomic E-state index is 6.22. The van der Waals surface area contributed by atoms with Crippen LogP contribution in [-0.4, -0.2) is 42.4 Å². The molecule has 29 heavy (non-hydrogen) atoms. The van der Waals surface area contributed by atoms with Gasteiger partial charge in [0.1, 0.15) is 5.82 Å². The SMILES string of the molecule is Clc1ccc(/C=N/Nc2cc(N3CCCCC3)nc(N3CCCCC3)n2)c(Cl)c1. The Kier molecular flexibility index (Phi) is 6.72. The molecule has 1 aromatic carbocycles. The minimum atomic E-state index is 0.564. The van der Waals surface area contributed by atoms with Crippen molar-refractivity contribution in [2.45, 2.75) is 38.5 Å². The molecule has 2 aromatic rings. The standard InChI is InChI=1S/C21H26Cl2N6/c22-17-8-7-16(18(23)13-17)15-24-27-19-14-20(28-9-3-1-4-10-28)26-21(25-19)29-11-5-2-6-12-29/h7-8,13-15H,1-6,9-12H2,(H,25,26,27)/b24-15+. The summed E-state index contributed by atoms with van der Waals surface area (Å²) in [7, 11) is 0. The second-order valence-corrected chi connectivity index (χ2v) is 8.39. The summed E-state index contributed by atoms with van der Waals surface area (Å²) in [5, 5.41) is 5.51. The first-order valence-corrected chi connectivity index (χ1v) is 11.1. The van der Waals surface area contributed by atoms with Crippen LogP contribution in [0, 0.1) is 0 Å². The average Bonchev–Trinajstić information content (AvgIpc) is 2.76. The Balaban J connectivity index is 1.56. The fourth-order valence-electron chi connectivity index (χ4n) is 3.77. The molecule has 0 saturated carbocycles. The molecule has 4 rings (SSSR count). The Morgan fingerprint density at radius 3 is 2.24 bits per heavy atom. The van der Waals surface area contributed by atoms with Crippen LogP contribution in [0.25, 0.3) is 0 Å². The summed E-state index contributed by atoms with van der Waals surface area (Å²) < 4.78 is 0. The second kappa shape index (κ2) is 9.63. The summed E-state index contributed by atoms with van der Waals surface area (Å²) in [6.07, 6.45) is 9.04. The van der Waals surface area contributed by atoms with Crippen LogP contribution in [0.1, 0.15) is 44.1 Å². The number of hydrazone groups is 1. The Bertz CT molecular complexity index is 824. The molecule has 0 aliphatic carbocycles. The third kappa shape index (κ3) is 5.31. The lowest BCUT2D eigenvalue weighted by molar-refractivity contribution is 0.561. The van der Waals surface area contributed by atoms with Gasteiger partial charge in [0.2, 0.25) is 5.95 Å². The number of anilines is 3. The van der Waals surface area contributed by atoms with Crippen LogP contribution in [0.3, 0.4) is 0 Å². The molecule has 8 heteroatoms. The lowest BCUT2D eigenvalue weighted by Gasteiger charge is -2.31. The molecule has 0 radical (unpaired) electrons. The fourth-order valence-corrected chi connectivity index (χ4v) is 4.23. The zero-order valence-corrected chi connectivity index (χ0v) is 18.0. The van der Waals surface area contributed by atoms with Crippen molar-refractivity contribution in [2.75, 3.05) is 41.4 Å². The molecule has 0 atom stereocenters. The molecule has 1 aromatic heterocycles. The van der Waals surface area contributed by atoms with Crippen LogP contribution >= 0.6 is 23.2 Å². The van der Waals surface area contributed by atoms with Crippen LogP contribution in [-0.2, 0) is 0 Å². The Labute approximate surface area is 181 Å². The van der Waals surface area contributed by atoms with Crippen molar-refractivity contribution in [3.05, 3.63) is 39.9 Å². The van der Waals surface area contributed by atoms with Gasteiger partial charge in [0.05, 0.1) is 11.2 Å². The normalized spacial score (nSPS) is 17.7.